The smallest absolute Gasteiger partial charge is 0.290 e. The van der Waals surface area contributed by atoms with Crippen LogP contribution in [0.4, 0.5) is 0 Å². The second kappa shape index (κ2) is 13.3. The van der Waals surface area contributed by atoms with Crippen LogP contribution in [-0.4, -0.2) is 78.8 Å². The molecule has 6 rings (SSSR count). The molecule has 1 aliphatic carbocycles. The molecule has 4 unspecified atom stereocenters. The standard InChI is InChI=1S/C34H30Cl2N2O9/c1-44-25-5-3-4-18-12-27(46-30(18)25)34(43)38(15-19-6-7-20(35)13-23(19)36)24-14-22(33(42)37-8-9-39)28-21-10-17(16-40)11-26(45-2)31(21)47-32(28)29(24)41/h3-7,10-14,16,24,28-29,32,39,41H,8-9,15H2,1-2H3,(H,37,42). The van der Waals surface area contributed by atoms with Gasteiger partial charge in [0.25, 0.3) is 5.91 Å². The highest BCUT2D eigenvalue weighted by atomic mass is 35.5. The minimum absolute atomic E-state index is 0.0449. The summed E-state index contributed by atoms with van der Waals surface area (Å²) < 4.78 is 23.2. The summed E-state index contributed by atoms with van der Waals surface area (Å²) in [7, 11) is 2.90. The topological polar surface area (TPSA) is 148 Å². The third-order valence-electron chi connectivity index (χ3n) is 8.33. The Labute approximate surface area is 279 Å². The molecule has 244 valence electrons. The van der Waals surface area contributed by atoms with Gasteiger partial charge in [-0.2, -0.15) is 0 Å². The van der Waals surface area contributed by atoms with E-state index in [0.717, 1.165) is 0 Å². The molecule has 3 N–H and O–H groups in total. The zero-order valence-corrected chi connectivity index (χ0v) is 26.7. The first-order valence-electron chi connectivity index (χ1n) is 14.6. The van der Waals surface area contributed by atoms with Gasteiger partial charge in [-0.05, 0) is 48.0 Å². The Morgan fingerprint density at radius 1 is 1.06 bits per heavy atom. The van der Waals surface area contributed by atoms with Gasteiger partial charge in [0.15, 0.2) is 28.6 Å². The van der Waals surface area contributed by atoms with Gasteiger partial charge in [0.05, 0.1) is 32.8 Å². The van der Waals surface area contributed by atoms with Crippen LogP contribution >= 0.6 is 23.2 Å². The molecule has 13 heteroatoms. The quantitative estimate of drug-likeness (QED) is 0.205. The lowest BCUT2D eigenvalue weighted by molar-refractivity contribution is -0.118. The Morgan fingerprint density at radius 3 is 2.55 bits per heavy atom. The molecule has 2 amide bonds. The van der Waals surface area contributed by atoms with Crippen molar-refractivity contribution < 1.29 is 43.2 Å². The fourth-order valence-electron chi connectivity index (χ4n) is 6.15. The Hall–Kier alpha value is -4.55. The number of carbonyl (C=O) groups excluding carboxylic acids is 3. The summed E-state index contributed by atoms with van der Waals surface area (Å²) in [6.07, 6.45) is -0.314. The fourth-order valence-corrected chi connectivity index (χ4v) is 6.62. The van der Waals surface area contributed by atoms with Gasteiger partial charge in [0.1, 0.15) is 18.5 Å². The molecule has 0 saturated carbocycles. The van der Waals surface area contributed by atoms with E-state index in [0.29, 0.717) is 39.2 Å². The van der Waals surface area contributed by atoms with E-state index in [-0.39, 0.29) is 53.1 Å². The van der Waals surface area contributed by atoms with Gasteiger partial charge in [0, 0.05) is 45.2 Å². The van der Waals surface area contributed by atoms with Crippen molar-refractivity contribution in [1.82, 2.24) is 10.2 Å². The number of amides is 2. The number of fused-ring (bicyclic) bond motifs is 4. The summed E-state index contributed by atoms with van der Waals surface area (Å²) in [4.78, 5) is 41.2. The van der Waals surface area contributed by atoms with E-state index in [2.05, 4.69) is 5.32 Å². The van der Waals surface area contributed by atoms with E-state index < -0.39 is 36.0 Å². The molecule has 0 radical (unpaired) electrons. The number of hydrogen-bond donors (Lipinski definition) is 3. The molecular formula is C34H30Cl2N2O9. The summed E-state index contributed by atoms with van der Waals surface area (Å²) in [5, 5.41) is 25.4. The average molecular weight is 682 g/mol. The molecule has 1 aromatic heterocycles. The van der Waals surface area contributed by atoms with Gasteiger partial charge in [-0.25, -0.2) is 0 Å². The number of halogens is 2. The maximum atomic E-state index is 14.4. The SMILES string of the molecule is COc1cc(C=O)cc2c1OC1C2C(C(=O)NCCO)=CC(N(Cc2ccc(Cl)cc2Cl)C(=O)c2cc3cccc(OC)c3o2)C1O. The molecule has 3 aromatic carbocycles. The maximum Gasteiger partial charge on any atom is 0.290 e. The lowest BCUT2D eigenvalue weighted by Crippen LogP contribution is -2.55. The number of para-hydroxylation sites is 1. The highest BCUT2D eigenvalue weighted by Gasteiger charge is 2.51. The zero-order valence-electron chi connectivity index (χ0n) is 25.2. The molecule has 11 nitrogen and oxygen atoms in total. The van der Waals surface area contributed by atoms with Crippen LogP contribution in [0.1, 0.15) is 38.0 Å². The monoisotopic (exact) mass is 680 g/mol. The number of rotatable bonds is 10. The van der Waals surface area contributed by atoms with E-state index in [1.165, 1.54) is 37.3 Å². The normalized spacial score (nSPS) is 19.7. The molecule has 2 heterocycles. The van der Waals surface area contributed by atoms with E-state index >= 15 is 0 Å². The Balaban J connectivity index is 1.50. The summed E-state index contributed by atoms with van der Waals surface area (Å²) in [5.41, 5.74) is 1.78. The largest absolute Gasteiger partial charge is 0.493 e. The zero-order chi connectivity index (χ0) is 33.4. The van der Waals surface area contributed by atoms with E-state index in [9.17, 15) is 24.6 Å². The van der Waals surface area contributed by atoms with Crippen molar-refractivity contribution in [3.05, 3.63) is 98.7 Å². The number of benzene rings is 3. The summed E-state index contributed by atoms with van der Waals surface area (Å²) in [5.74, 6) is -1.11. The van der Waals surface area contributed by atoms with E-state index in [1.54, 1.807) is 42.5 Å². The van der Waals surface area contributed by atoms with Gasteiger partial charge < -0.3 is 39.1 Å². The van der Waals surface area contributed by atoms with Crippen molar-refractivity contribution in [2.45, 2.75) is 30.7 Å². The number of ether oxygens (including phenoxy) is 3. The molecular weight excluding hydrogens is 651 g/mol. The number of aliphatic hydroxyl groups is 2. The van der Waals surface area contributed by atoms with Gasteiger partial charge in [0.2, 0.25) is 5.91 Å². The highest BCUT2D eigenvalue weighted by molar-refractivity contribution is 6.35. The molecule has 2 aliphatic rings. The summed E-state index contributed by atoms with van der Waals surface area (Å²) in [6.45, 7) is -0.476. The maximum absolute atomic E-state index is 14.4. The third kappa shape index (κ3) is 5.91. The number of carbonyl (C=O) groups is 3. The number of aliphatic hydroxyl groups excluding tert-OH is 2. The van der Waals surface area contributed by atoms with Crippen molar-refractivity contribution in [2.24, 2.45) is 0 Å². The second-order valence-corrected chi connectivity index (χ2v) is 11.9. The van der Waals surface area contributed by atoms with Crippen LogP contribution in [0.3, 0.4) is 0 Å². The average Bonchev–Trinajstić information content (AvgIpc) is 3.69. The molecule has 47 heavy (non-hydrogen) atoms. The van der Waals surface area contributed by atoms with Gasteiger partial charge in [-0.1, -0.05) is 41.4 Å². The summed E-state index contributed by atoms with van der Waals surface area (Å²) >= 11 is 12.7. The van der Waals surface area contributed by atoms with E-state index in [4.69, 9.17) is 41.8 Å². The Kier molecular flexibility index (Phi) is 9.16. The predicted molar refractivity (Wildman–Crippen MR) is 173 cm³/mol. The Bertz CT molecular complexity index is 1910. The van der Waals surface area contributed by atoms with Crippen molar-refractivity contribution in [1.29, 1.82) is 0 Å². The van der Waals surface area contributed by atoms with Crippen LogP contribution in [-0.2, 0) is 11.3 Å². The number of aldehydes is 1. The van der Waals surface area contributed by atoms with Crippen LogP contribution in [0, 0.1) is 0 Å². The first-order valence-corrected chi connectivity index (χ1v) is 15.4. The lowest BCUT2D eigenvalue weighted by Gasteiger charge is -2.40. The van der Waals surface area contributed by atoms with Crippen LogP contribution in [0.15, 0.2) is 70.7 Å². The minimum atomic E-state index is -1.39. The molecule has 0 saturated heterocycles. The lowest BCUT2D eigenvalue weighted by atomic mass is 9.77. The van der Waals surface area contributed by atoms with Gasteiger partial charge >= 0.3 is 0 Å². The number of furan rings is 1. The van der Waals surface area contributed by atoms with Crippen molar-refractivity contribution in [3.63, 3.8) is 0 Å². The number of hydrogen-bond acceptors (Lipinski definition) is 9. The van der Waals surface area contributed by atoms with Crippen molar-refractivity contribution in [3.8, 4) is 17.2 Å². The third-order valence-corrected chi connectivity index (χ3v) is 8.91. The van der Waals surface area contributed by atoms with Gasteiger partial charge in [-0.3, -0.25) is 14.4 Å². The molecule has 0 bridgehead atoms. The van der Waals surface area contributed by atoms with Crippen LogP contribution in [0.25, 0.3) is 11.0 Å². The van der Waals surface area contributed by atoms with Gasteiger partial charge in [-0.15, -0.1) is 0 Å². The molecule has 0 spiro atoms. The second-order valence-electron chi connectivity index (χ2n) is 11.1. The fraction of sp³-hybridized carbons (Fsp3) is 0.265. The first kappa shape index (κ1) is 32.4. The van der Waals surface area contributed by atoms with Crippen molar-refractivity contribution >= 4 is 52.3 Å². The van der Waals surface area contributed by atoms with E-state index in [1.807, 2.05) is 0 Å². The minimum Gasteiger partial charge on any atom is -0.493 e. The number of nitrogens with zero attached hydrogens (tertiary/aromatic N) is 1. The highest BCUT2D eigenvalue weighted by Crippen LogP contribution is 2.51. The van der Waals surface area contributed by atoms with Crippen molar-refractivity contribution in [2.75, 3.05) is 27.4 Å². The van der Waals surface area contributed by atoms with Crippen LogP contribution < -0.4 is 19.5 Å². The summed E-state index contributed by atoms with van der Waals surface area (Å²) in [6, 6.07) is 13.6. The molecule has 4 aromatic rings. The predicted octanol–water partition coefficient (Wildman–Crippen LogP) is 4.53. The molecule has 4 atom stereocenters. The van der Waals surface area contributed by atoms with Crippen LogP contribution in [0.2, 0.25) is 10.0 Å². The number of nitrogens with one attached hydrogen (secondary N) is 1. The van der Waals surface area contributed by atoms with Crippen LogP contribution in [0.5, 0.6) is 17.2 Å². The number of methoxy groups -OCH3 is 2. The Morgan fingerprint density at radius 2 is 1.85 bits per heavy atom. The molecule has 1 aliphatic heterocycles. The first-order chi connectivity index (χ1) is 22.7. The molecule has 0 fully saturated rings.